The van der Waals surface area contributed by atoms with Crippen molar-refractivity contribution < 1.29 is 4.92 Å². The van der Waals surface area contributed by atoms with Crippen molar-refractivity contribution in [3.63, 3.8) is 0 Å². The van der Waals surface area contributed by atoms with Gasteiger partial charge in [0.15, 0.2) is 0 Å². The van der Waals surface area contributed by atoms with Crippen molar-refractivity contribution in [3.05, 3.63) is 40.0 Å². The molecule has 4 heterocycles. The number of hydrogen-bond donors (Lipinski definition) is 1. The predicted molar refractivity (Wildman–Crippen MR) is 92.8 cm³/mol. The smallest absolute Gasteiger partial charge is 0.373 e. The van der Waals surface area contributed by atoms with Crippen LogP contribution in [0.15, 0.2) is 29.9 Å². The summed E-state index contributed by atoms with van der Waals surface area (Å²) in [7, 11) is 0. The number of aromatic nitrogens is 3. The zero-order chi connectivity index (χ0) is 16.7. The molecule has 10 heteroatoms. The number of rotatable bonds is 3. The zero-order valence-electron chi connectivity index (χ0n) is 12.7. The van der Waals surface area contributed by atoms with Crippen molar-refractivity contribution >= 4 is 39.4 Å². The van der Waals surface area contributed by atoms with E-state index in [9.17, 15) is 10.1 Å². The van der Waals surface area contributed by atoms with Gasteiger partial charge in [-0.15, -0.1) is 0 Å². The summed E-state index contributed by atoms with van der Waals surface area (Å²) in [5.41, 5.74) is 6.62. The van der Waals surface area contributed by atoms with E-state index in [0.717, 1.165) is 18.8 Å². The normalized spacial score (nSPS) is 15.2. The van der Waals surface area contributed by atoms with Gasteiger partial charge in [0.05, 0.1) is 11.9 Å². The minimum atomic E-state index is -0.363. The Morgan fingerprint density at radius 1 is 1.21 bits per heavy atom. The molecule has 9 nitrogen and oxygen atoms in total. The number of piperazine rings is 1. The van der Waals surface area contributed by atoms with E-state index < -0.39 is 0 Å². The molecule has 2 N–H and O–H groups in total. The van der Waals surface area contributed by atoms with Gasteiger partial charge < -0.3 is 25.6 Å². The van der Waals surface area contributed by atoms with Crippen molar-refractivity contribution in [2.75, 3.05) is 41.7 Å². The number of nitrogens with zero attached hydrogens (tertiary/aromatic N) is 6. The highest BCUT2D eigenvalue weighted by Crippen LogP contribution is 2.32. The van der Waals surface area contributed by atoms with Crippen LogP contribution in [-0.2, 0) is 0 Å². The summed E-state index contributed by atoms with van der Waals surface area (Å²) < 4.78 is 1.54. The fraction of sp³-hybridized carbons (Fsp3) is 0.286. The lowest BCUT2D eigenvalue weighted by molar-refractivity contribution is -0.389. The molecule has 0 bridgehead atoms. The van der Waals surface area contributed by atoms with Gasteiger partial charge in [-0.05, 0) is 17.1 Å². The van der Waals surface area contributed by atoms with Crippen LogP contribution in [0.5, 0.6) is 0 Å². The maximum Gasteiger partial charge on any atom is 0.373 e. The first-order chi connectivity index (χ1) is 11.6. The maximum atomic E-state index is 11.4. The standard InChI is InChI=1S/C14H15N7O2S/c15-11-2-1-10(9-16-11)18-3-5-19(6-4-18)12-13(21(22)23)20-7-8-24-14(20)17-12/h1-2,7-9H,3-6H2,(H2,15,16). The number of thiazole rings is 1. The number of anilines is 3. The third-order valence-electron chi connectivity index (χ3n) is 4.11. The Morgan fingerprint density at radius 3 is 2.62 bits per heavy atom. The van der Waals surface area contributed by atoms with Gasteiger partial charge in [-0.1, -0.05) is 11.3 Å². The third-order valence-corrected chi connectivity index (χ3v) is 4.86. The van der Waals surface area contributed by atoms with E-state index in [4.69, 9.17) is 5.73 Å². The fourth-order valence-electron chi connectivity index (χ4n) is 2.91. The first kappa shape index (κ1) is 14.7. The molecule has 0 radical (unpaired) electrons. The van der Waals surface area contributed by atoms with Crippen LogP contribution in [0.3, 0.4) is 0 Å². The number of pyridine rings is 1. The number of nitro groups is 1. The molecule has 0 amide bonds. The Labute approximate surface area is 141 Å². The summed E-state index contributed by atoms with van der Waals surface area (Å²) in [5, 5.41) is 13.2. The van der Waals surface area contributed by atoms with Crippen LogP contribution in [0.2, 0.25) is 0 Å². The summed E-state index contributed by atoms with van der Waals surface area (Å²) >= 11 is 1.39. The Bertz CT molecular complexity index is 880. The summed E-state index contributed by atoms with van der Waals surface area (Å²) in [6, 6.07) is 3.71. The van der Waals surface area contributed by atoms with E-state index in [2.05, 4.69) is 14.9 Å². The highest BCUT2D eigenvalue weighted by atomic mass is 32.1. The molecule has 1 aliphatic rings. The van der Waals surface area contributed by atoms with Gasteiger partial charge in [-0.25, -0.2) is 4.98 Å². The van der Waals surface area contributed by atoms with Crippen LogP contribution in [0.4, 0.5) is 23.1 Å². The second kappa shape index (κ2) is 5.64. The van der Waals surface area contributed by atoms with Gasteiger partial charge in [0.25, 0.3) is 4.96 Å². The summed E-state index contributed by atoms with van der Waals surface area (Å²) in [6.07, 6.45) is 3.44. The van der Waals surface area contributed by atoms with Crippen LogP contribution in [0.25, 0.3) is 4.96 Å². The van der Waals surface area contributed by atoms with E-state index in [1.807, 2.05) is 11.0 Å². The van der Waals surface area contributed by atoms with Crippen molar-refractivity contribution in [2.45, 2.75) is 0 Å². The molecule has 0 aliphatic carbocycles. The monoisotopic (exact) mass is 345 g/mol. The van der Waals surface area contributed by atoms with Crippen LogP contribution >= 0.6 is 11.3 Å². The number of hydrogen-bond acceptors (Lipinski definition) is 8. The molecular weight excluding hydrogens is 330 g/mol. The largest absolute Gasteiger partial charge is 0.384 e. The maximum absolute atomic E-state index is 11.4. The molecule has 3 aromatic rings. The molecule has 0 aromatic carbocycles. The van der Waals surface area contributed by atoms with E-state index in [-0.39, 0.29) is 10.7 Å². The Balaban J connectivity index is 1.56. The lowest BCUT2D eigenvalue weighted by Gasteiger charge is -2.35. The fourth-order valence-corrected chi connectivity index (χ4v) is 3.61. The van der Waals surface area contributed by atoms with Gasteiger partial charge in [0.1, 0.15) is 12.0 Å². The van der Waals surface area contributed by atoms with Crippen molar-refractivity contribution in [1.29, 1.82) is 0 Å². The highest BCUT2D eigenvalue weighted by molar-refractivity contribution is 7.15. The van der Waals surface area contributed by atoms with Gasteiger partial charge in [0, 0.05) is 31.6 Å². The molecule has 0 spiro atoms. The Kier molecular flexibility index (Phi) is 3.45. The molecule has 0 unspecified atom stereocenters. The predicted octanol–water partition coefficient (Wildman–Crippen LogP) is 1.61. The van der Waals surface area contributed by atoms with Crippen LogP contribution < -0.4 is 15.5 Å². The lowest BCUT2D eigenvalue weighted by atomic mass is 10.2. The molecule has 4 rings (SSSR count). The molecule has 0 atom stereocenters. The Morgan fingerprint density at radius 2 is 1.96 bits per heavy atom. The first-order valence-electron chi connectivity index (χ1n) is 7.45. The van der Waals surface area contributed by atoms with Gasteiger partial charge in [-0.2, -0.15) is 9.38 Å². The molecule has 24 heavy (non-hydrogen) atoms. The molecule has 1 aliphatic heterocycles. The van der Waals surface area contributed by atoms with E-state index in [1.165, 1.54) is 15.7 Å². The molecule has 0 saturated carbocycles. The van der Waals surface area contributed by atoms with Crippen LogP contribution in [0.1, 0.15) is 0 Å². The van der Waals surface area contributed by atoms with Gasteiger partial charge in [0.2, 0.25) is 5.82 Å². The van der Waals surface area contributed by atoms with Crippen molar-refractivity contribution in [2.24, 2.45) is 0 Å². The van der Waals surface area contributed by atoms with Gasteiger partial charge in [-0.3, -0.25) is 0 Å². The molecule has 1 saturated heterocycles. The topological polar surface area (TPSA) is 106 Å². The highest BCUT2D eigenvalue weighted by Gasteiger charge is 2.30. The first-order valence-corrected chi connectivity index (χ1v) is 8.33. The second-order valence-corrected chi connectivity index (χ2v) is 6.36. The third kappa shape index (κ3) is 2.40. The molecular formula is C14H15N7O2S. The van der Waals surface area contributed by atoms with Crippen LogP contribution in [0, 0.1) is 10.1 Å². The lowest BCUT2D eigenvalue weighted by Crippen LogP contribution is -2.46. The minimum Gasteiger partial charge on any atom is -0.384 e. The summed E-state index contributed by atoms with van der Waals surface area (Å²) in [5.74, 6) is 0.974. The molecule has 3 aromatic heterocycles. The zero-order valence-corrected chi connectivity index (χ0v) is 13.5. The molecule has 124 valence electrons. The van der Waals surface area contributed by atoms with Gasteiger partial charge >= 0.3 is 5.82 Å². The van der Waals surface area contributed by atoms with Crippen LogP contribution in [-0.4, -0.2) is 45.5 Å². The minimum absolute atomic E-state index is 0.0360. The van der Waals surface area contributed by atoms with Crippen molar-refractivity contribution in [1.82, 2.24) is 14.4 Å². The quantitative estimate of drug-likeness (QED) is 0.568. The summed E-state index contributed by atoms with van der Waals surface area (Å²) in [4.78, 5) is 24.4. The molecule has 1 fully saturated rings. The van der Waals surface area contributed by atoms with Crippen molar-refractivity contribution in [3.8, 4) is 0 Å². The average Bonchev–Trinajstić information content (AvgIpc) is 3.16. The number of nitrogen functional groups attached to an aromatic ring is 1. The second-order valence-electron chi connectivity index (χ2n) is 5.49. The summed E-state index contributed by atoms with van der Waals surface area (Å²) in [6.45, 7) is 2.81. The Hall–Kier alpha value is -2.88. The number of fused-ring (bicyclic) bond motifs is 1. The number of imidazole rings is 1. The van der Waals surface area contributed by atoms with E-state index in [0.29, 0.717) is 29.7 Å². The SMILES string of the molecule is Nc1ccc(N2CCN(c3nc4sccn4c3[N+](=O)[O-])CC2)cn1. The number of nitrogens with two attached hydrogens (primary N) is 1. The average molecular weight is 345 g/mol. The van der Waals surface area contributed by atoms with E-state index in [1.54, 1.807) is 23.8 Å². The van der Waals surface area contributed by atoms with E-state index >= 15 is 0 Å².